The van der Waals surface area contributed by atoms with Gasteiger partial charge in [0.15, 0.2) is 0 Å². The van der Waals surface area contributed by atoms with Crippen LogP contribution in [0.4, 0.5) is 4.39 Å². The molecular formula is C14H16FNO3. The Morgan fingerprint density at radius 3 is 2.89 bits per heavy atom. The van der Waals surface area contributed by atoms with Crippen molar-refractivity contribution in [3.8, 4) is 0 Å². The summed E-state index contributed by atoms with van der Waals surface area (Å²) in [7, 11) is 0. The second-order valence-corrected chi connectivity index (χ2v) is 4.71. The zero-order valence-corrected chi connectivity index (χ0v) is 10.5. The van der Waals surface area contributed by atoms with Crippen LogP contribution in [0, 0.1) is 5.82 Å². The van der Waals surface area contributed by atoms with Crippen LogP contribution in [0.2, 0.25) is 0 Å². The third kappa shape index (κ3) is 3.30. The SMILES string of the molecule is O=C(O)[C@@H]1CCCN1C(=O)CCc1cccc(F)c1. The lowest BCUT2D eigenvalue weighted by Crippen LogP contribution is -2.40. The Morgan fingerprint density at radius 2 is 2.21 bits per heavy atom. The molecule has 5 heteroatoms. The molecular weight excluding hydrogens is 249 g/mol. The first-order valence-electron chi connectivity index (χ1n) is 6.34. The first-order valence-corrected chi connectivity index (χ1v) is 6.34. The Labute approximate surface area is 110 Å². The minimum absolute atomic E-state index is 0.172. The van der Waals surface area contributed by atoms with E-state index in [9.17, 15) is 14.0 Å². The summed E-state index contributed by atoms with van der Waals surface area (Å²) in [6, 6.07) is 5.41. The number of benzene rings is 1. The smallest absolute Gasteiger partial charge is 0.326 e. The van der Waals surface area contributed by atoms with Crippen molar-refractivity contribution in [3.63, 3.8) is 0 Å². The standard InChI is InChI=1S/C14H16FNO3/c15-11-4-1-3-10(9-11)6-7-13(17)16-8-2-5-12(16)14(18)19/h1,3-4,9,12H,2,5-8H2,(H,18,19)/t12-/m0/s1. The molecule has 0 unspecified atom stereocenters. The van der Waals surface area contributed by atoms with Crippen molar-refractivity contribution in [3.05, 3.63) is 35.6 Å². The van der Waals surface area contributed by atoms with E-state index in [-0.39, 0.29) is 18.1 Å². The maximum atomic E-state index is 13.0. The van der Waals surface area contributed by atoms with Crippen molar-refractivity contribution in [2.75, 3.05) is 6.54 Å². The summed E-state index contributed by atoms with van der Waals surface area (Å²) in [6.07, 6.45) is 1.89. The van der Waals surface area contributed by atoms with Gasteiger partial charge in [-0.05, 0) is 37.0 Å². The Morgan fingerprint density at radius 1 is 1.42 bits per heavy atom. The first kappa shape index (κ1) is 13.5. The molecule has 0 radical (unpaired) electrons. The van der Waals surface area contributed by atoms with E-state index in [1.807, 2.05) is 0 Å². The second kappa shape index (κ2) is 5.82. The van der Waals surface area contributed by atoms with Gasteiger partial charge in [-0.3, -0.25) is 4.79 Å². The molecule has 1 aliphatic heterocycles. The van der Waals surface area contributed by atoms with Gasteiger partial charge in [0.2, 0.25) is 5.91 Å². The van der Waals surface area contributed by atoms with Gasteiger partial charge in [-0.1, -0.05) is 12.1 Å². The number of carboxylic acid groups (broad SMARTS) is 1. The number of halogens is 1. The van der Waals surface area contributed by atoms with Gasteiger partial charge in [0.25, 0.3) is 0 Å². The molecule has 1 N–H and O–H groups in total. The average Bonchev–Trinajstić information content (AvgIpc) is 2.85. The molecule has 1 aliphatic rings. The Bertz CT molecular complexity index is 489. The minimum Gasteiger partial charge on any atom is -0.480 e. The highest BCUT2D eigenvalue weighted by atomic mass is 19.1. The van der Waals surface area contributed by atoms with E-state index in [2.05, 4.69) is 0 Å². The molecule has 0 saturated carbocycles. The summed E-state index contributed by atoms with van der Waals surface area (Å²) in [6.45, 7) is 0.499. The monoisotopic (exact) mass is 265 g/mol. The largest absolute Gasteiger partial charge is 0.480 e. The van der Waals surface area contributed by atoms with Crippen molar-refractivity contribution in [1.29, 1.82) is 0 Å². The van der Waals surface area contributed by atoms with Crippen LogP contribution in [0.25, 0.3) is 0 Å². The van der Waals surface area contributed by atoms with Crippen LogP contribution in [0.5, 0.6) is 0 Å². The number of carbonyl (C=O) groups is 2. The van der Waals surface area contributed by atoms with Crippen molar-refractivity contribution in [2.24, 2.45) is 0 Å². The topological polar surface area (TPSA) is 57.6 Å². The quantitative estimate of drug-likeness (QED) is 0.903. The highest BCUT2D eigenvalue weighted by Gasteiger charge is 2.33. The maximum Gasteiger partial charge on any atom is 0.326 e. The second-order valence-electron chi connectivity index (χ2n) is 4.71. The Balaban J connectivity index is 1.92. The van der Waals surface area contributed by atoms with Crippen LogP contribution in [-0.2, 0) is 16.0 Å². The predicted molar refractivity (Wildman–Crippen MR) is 67.1 cm³/mol. The van der Waals surface area contributed by atoms with Crippen LogP contribution in [0.3, 0.4) is 0 Å². The molecule has 1 heterocycles. The number of nitrogens with zero attached hydrogens (tertiary/aromatic N) is 1. The highest BCUT2D eigenvalue weighted by Crippen LogP contribution is 2.19. The van der Waals surface area contributed by atoms with Crippen LogP contribution < -0.4 is 0 Å². The van der Waals surface area contributed by atoms with E-state index in [1.165, 1.54) is 17.0 Å². The van der Waals surface area contributed by atoms with E-state index in [0.29, 0.717) is 19.4 Å². The first-order chi connectivity index (χ1) is 9.08. The molecule has 0 bridgehead atoms. The normalized spacial score (nSPS) is 18.6. The molecule has 1 aromatic rings. The summed E-state index contributed by atoms with van der Waals surface area (Å²) in [5.41, 5.74) is 0.749. The van der Waals surface area contributed by atoms with Crippen molar-refractivity contribution in [2.45, 2.75) is 31.7 Å². The van der Waals surface area contributed by atoms with Gasteiger partial charge in [-0.2, -0.15) is 0 Å². The fraction of sp³-hybridized carbons (Fsp3) is 0.429. The number of aliphatic carboxylic acids is 1. The summed E-state index contributed by atoms with van der Waals surface area (Å²) >= 11 is 0. The molecule has 1 saturated heterocycles. The molecule has 1 aromatic carbocycles. The third-order valence-electron chi connectivity index (χ3n) is 3.37. The predicted octanol–water partition coefficient (Wildman–Crippen LogP) is 1.83. The van der Waals surface area contributed by atoms with Crippen LogP contribution in [0.15, 0.2) is 24.3 Å². The fourth-order valence-corrected chi connectivity index (χ4v) is 2.41. The zero-order chi connectivity index (χ0) is 13.8. The van der Waals surface area contributed by atoms with E-state index in [0.717, 1.165) is 12.0 Å². The summed E-state index contributed by atoms with van der Waals surface area (Å²) in [4.78, 5) is 24.4. The van der Waals surface area contributed by atoms with Gasteiger partial charge in [-0.25, -0.2) is 9.18 Å². The molecule has 1 atom stereocenters. The van der Waals surface area contributed by atoms with Crippen molar-refractivity contribution in [1.82, 2.24) is 4.90 Å². The van der Waals surface area contributed by atoms with E-state index >= 15 is 0 Å². The molecule has 0 aromatic heterocycles. The number of hydrogen-bond acceptors (Lipinski definition) is 2. The number of carbonyl (C=O) groups excluding carboxylic acids is 1. The van der Waals surface area contributed by atoms with Gasteiger partial charge >= 0.3 is 5.97 Å². The number of hydrogen-bond donors (Lipinski definition) is 1. The third-order valence-corrected chi connectivity index (χ3v) is 3.37. The van der Waals surface area contributed by atoms with Crippen molar-refractivity contribution < 1.29 is 19.1 Å². The summed E-state index contributed by atoms with van der Waals surface area (Å²) in [5, 5.41) is 9.01. The van der Waals surface area contributed by atoms with E-state index in [1.54, 1.807) is 12.1 Å². The van der Waals surface area contributed by atoms with Crippen molar-refractivity contribution >= 4 is 11.9 Å². The number of carboxylic acids is 1. The van der Waals surface area contributed by atoms with Gasteiger partial charge in [0.05, 0.1) is 0 Å². The molecule has 2 rings (SSSR count). The van der Waals surface area contributed by atoms with Gasteiger partial charge < -0.3 is 10.0 Å². The molecule has 1 amide bonds. The number of rotatable bonds is 4. The van der Waals surface area contributed by atoms with E-state index in [4.69, 9.17) is 5.11 Å². The van der Waals surface area contributed by atoms with Crippen LogP contribution >= 0.6 is 0 Å². The lowest BCUT2D eigenvalue weighted by atomic mass is 10.1. The molecule has 0 spiro atoms. The Kier molecular flexibility index (Phi) is 4.14. The lowest BCUT2D eigenvalue weighted by Gasteiger charge is -2.21. The van der Waals surface area contributed by atoms with E-state index < -0.39 is 12.0 Å². The molecule has 19 heavy (non-hydrogen) atoms. The van der Waals surface area contributed by atoms with Gasteiger partial charge in [0, 0.05) is 13.0 Å². The summed E-state index contributed by atoms with van der Waals surface area (Å²) in [5.74, 6) is -1.44. The van der Waals surface area contributed by atoms with Crippen LogP contribution in [-0.4, -0.2) is 34.5 Å². The molecule has 102 valence electrons. The minimum atomic E-state index is -0.948. The number of aryl methyl sites for hydroxylation is 1. The molecule has 1 fully saturated rings. The lowest BCUT2D eigenvalue weighted by molar-refractivity contribution is -0.148. The fourth-order valence-electron chi connectivity index (χ4n) is 2.41. The van der Waals surface area contributed by atoms with Gasteiger partial charge in [-0.15, -0.1) is 0 Å². The summed E-state index contributed by atoms with van der Waals surface area (Å²) < 4.78 is 13.0. The molecule has 4 nitrogen and oxygen atoms in total. The van der Waals surface area contributed by atoms with Crippen LogP contribution in [0.1, 0.15) is 24.8 Å². The molecule has 0 aliphatic carbocycles. The number of amides is 1. The zero-order valence-electron chi connectivity index (χ0n) is 10.5. The maximum absolute atomic E-state index is 13.0. The Hall–Kier alpha value is -1.91. The van der Waals surface area contributed by atoms with Gasteiger partial charge in [0.1, 0.15) is 11.9 Å². The highest BCUT2D eigenvalue weighted by molar-refractivity contribution is 5.84. The average molecular weight is 265 g/mol. The number of likely N-dealkylation sites (tertiary alicyclic amines) is 1.